The van der Waals surface area contributed by atoms with E-state index in [-0.39, 0.29) is 19.2 Å². The summed E-state index contributed by atoms with van der Waals surface area (Å²) in [5, 5.41) is 3.28. The molecule has 1 fully saturated rings. The van der Waals surface area contributed by atoms with Crippen LogP contribution >= 0.6 is 0 Å². The fraction of sp³-hybridized carbons (Fsp3) is 0.296. The van der Waals surface area contributed by atoms with Crippen LogP contribution in [0.25, 0.3) is 0 Å². The zero-order chi connectivity index (χ0) is 26.8. The van der Waals surface area contributed by atoms with Crippen molar-refractivity contribution in [1.29, 1.82) is 0 Å². The van der Waals surface area contributed by atoms with Crippen LogP contribution in [0.15, 0.2) is 59.9 Å². The molecule has 0 spiro atoms. The third-order valence-corrected chi connectivity index (χ3v) is 7.34. The van der Waals surface area contributed by atoms with Crippen LogP contribution in [-0.2, 0) is 30.0 Å². The van der Waals surface area contributed by atoms with Gasteiger partial charge in [0.2, 0.25) is 12.6 Å². The van der Waals surface area contributed by atoms with Gasteiger partial charge in [0.15, 0.2) is 17.3 Å². The number of esters is 1. The van der Waals surface area contributed by atoms with Gasteiger partial charge in [0.1, 0.15) is 0 Å². The van der Waals surface area contributed by atoms with Gasteiger partial charge in [-0.05, 0) is 65.3 Å². The summed E-state index contributed by atoms with van der Waals surface area (Å²) in [6, 6.07) is 7.57. The lowest BCUT2D eigenvalue weighted by molar-refractivity contribution is -0.141. The van der Waals surface area contributed by atoms with Gasteiger partial charge in [-0.2, -0.15) is 13.2 Å². The number of hydrogen-bond donors (Lipinski definition) is 1. The van der Waals surface area contributed by atoms with Crippen molar-refractivity contribution in [2.45, 2.75) is 18.1 Å². The minimum absolute atomic E-state index is 0.00178. The van der Waals surface area contributed by atoms with Gasteiger partial charge in [0.25, 0.3) is 5.78 Å². The van der Waals surface area contributed by atoms with Crippen LogP contribution in [0.1, 0.15) is 28.7 Å². The molecule has 0 amide bonds. The van der Waals surface area contributed by atoms with E-state index in [0.717, 1.165) is 12.1 Å². The third-order valence-electron chi connectivity index (χ3n) is 7.34. The molecule has 4 atom stereocenters. The van der Waals surface area contributed by atoms with Gasteiger partial charge in [-0.15, -0.1) is 0 Å². The van der Waals surface area contributed by atoms with Crippen LogP contribution in [-0.4, -0.2) is 38.0 Å². The Morgan fingerprint density at radius 3 is 2.29 bits per heavy atom. The minimum Gasteiger partial charge on any atom is -0.492 e. The van der Waals surface area contributed by atoms with Crippen LogP contribution < -0.4 is 14.8 Å². The number of ether oxygens (including phenoxy) is 4. The maximum atomic E-state index is 13.1. The average molecular weight is 527 g/mol. The zero-order valence-corrected chi connectivity index (χ0v) is 19.8. The highest BCUT2D eigenvalue weighted by Crippen LogP contribution is 2.55. The van der Waals surface area contributed by atoms with Crippen molar-refractivity contribution in [2.24, 2.45) is 11.8 Å². The average Bonchev–Trinajstić information content (AvgIpc) is 3.50. The molecule has 196 valence electrons. The number of fused-ring (bicyclic) bond motifs is 3. The number of alkyl halides is 3. The lowest BCUT2D eigenvalue weighted by Gasteiger charge is -2.40. The Morgan fingerprint density at radius 1 is 0.947 bits per heavy atom. The molecule has 11 heteroatoms. The largest absolute Gasteiger partial charge is 0.492 e. The first-order valence-electron chi connectivity index (χ1n) is 11.8. The Balaban J connectivity index is 1.48. The van der Waals surface area contributed by atoms with Crippen LogP contribution in [0.4, 0.5) is 18.9 Å². The fourth-order valence-corrected chi connectivity index (χ4v) is 5.61. The van der Waals surface area contributed by atoms with Crippen molar-refractivity contribution >= 4 is 23.2 Å². The number of nitrogens with one attached hydrogen (secondary N) is 1. The molecule has 4 aliphatic rings. The molecule has 2 heterocycles. The number of hydrogen-bond acceptors (Lipinski definition) is 8. The van der Waals surface area contributed by atoms with Gasteiger partial charge in [-0.3, -0.25) is 14.4 Å². The van der Waals surface area contributed by atoms with Gasteiger partial charge in [-0.1, -0.05) is 0 Å². The molecular weight excluding hydrogens is 507 g/mol. The molecule has 0 radical (unpaired) electrons. The Kier molecular flexibility index (Phi) is 5.48. The van der Waals surface area contributed by atoms with E-state index in [9.17, 15) is 27.6 Å². The molecule has 6 rings (SSSR count). The molecule has 2 aliphatic heterocycles. The summed E-state index contributed by atoms with van der Waals surface area (Å²) in [5.74, 6) is -3.13. The number of halogens is 3. The number of Topliss-reactive ketones (excluding diaryl/α,β-unsaturated/α-hetero) is 1. The van der Waals surface area contributed by atoms with E-state index >= 15 is 0 Å². The molecule has 0 saturated carbocycles. The molecule has 2 aliphatic carbocycles. The summed E-state index contributed by atoms with van der Waals surface area (Å²) < 4.78 is 61.0. The standard InChI is InChI=1S/C27H20F3NO7/c1-35-21-7-12(6-18(32)25(21)33)22-15-8-19-20(38-11-37-19)9-16(15)24(17-10-36-26(34)23(17)22)31-14-4-2-13(3-5-14)27(28,29)30/h2-9,17,22-24,31H,10-11H2,1H3/t17?,22?,23-,24+/m0/s1. The minimum atomic E-state index is -4.47. The molecule has 1 N–H and O–H groups in total. The Hall–Kier alpha value is -4.28. The highest BCUT2D eigenvalue weighted by molar-refractivity contribution is 6.47. The second-order valence-corrected chi connectivity index (χ2v) is 9.38. The highest BCUT2D eigenvalue weighted by atomic mass is 19.4. The summed E-state index contributed by atoms with van der Waals surface area (Å²) in [7, 11) is 1.28. The first-order valence-corrected chi connectivity index (χ1v) is 11.8. The van der Waals surface area contributed by atoms with E-state index < -0.39 is 53.1 Å². The monoisotopic (exact) mass is 527 g/mol. The molecule has 2 unspecified atom stereocenters. The molecule has 38 heavy (non-hydrogen) atoms. The van der Waals surface area contributed by atoms with Gasteiger partial charge in [0, 0.05) is 17.5 Å². The maximum absolute atomic E-state index is 13.1. The number of carbonyl (C=O) groups excluding carboxylic acids is 3. The molecule has 2 aromatic rings. The van der Waals surface area contributed by atoms with E-state index in [4.69, 9.17) is 18.9 Å². The number of benzene rings is 2. The first-order chi connectivity index (χ1) is 18.2. The number of methoxy groups -OCH3 is 1. The summed E-state index contributed by atoms with van der Waals surface area (Å²) in [5.41, 5.74) is 1.39. The second kappa shape index (κ2) is 8.64. The maximum Gasteiger partial charge on any atom is 0.416 e. The highest BCUT2D eigenvalue weighted by Gasteiger charge is 2.53. The molecule has 8 nitrogen and oxygen atoms in total. The summed E-state index contributed by atoms with van der Waals surface area (Å²) >= 11 is 0. The quantitative estimate of drug-likeness (QED) is 0.361. The van der Waals surface area contributed by atoms with E-state index in [1.807, 2.05) is 0 Å². The van der Waals surface area contributed by atoms with Crippen molar-refractivity contribution in [2.75, 3.05) is 25.8 Å². The fourth-order valence-electron chi connectivity index (χ4n) is 5.61. The first kappa shape index (κ1) is 24.1. The molecule has 0 bridgehead atoms. The molecule has 2 aromatic carbocycles. The summed E-state index contributed by atoms with van der Waals surface area (Å²) in [6.07, 6.45) is -1.82. The van der Waals surface area contributed by atoms with Gasteiger partial charge in [0.05, 0.1) is 31.2 Å². The SMILES string of the molecule is COC1=CC(C2c3cc4c(cc3[C@@H](Nc3ccc(C(F)(F)F)cc3)C3COC(=O)[C@H]23)OCO4)=CC(=O)C1=O. The predicted octanol–water partition coefficient (Wildman–Crippen LogP) is 4.08. The van der Waals surface area contributed by atoms with Crippen LogP contribution in [0, 0.1) is 11.8 Å². The number of carbonyl (C=O) groups is 3. The number of rotatable bonds is 4. The number of cyclic esters (lactones) is 1. The molecule has 1 saturated heterocycles. The zero-order valence-electron chi connectivity index (χ0n) is 19.8. The normalized spacial score (nSPS) is 25.7. The van der Waals surface area contributed by atoms with Gasteiger partial charge in [-0.25, -0.2) is 0 Å². The van der Waals surface area contributed by atoms with Crippen LogP contribution in [0.5, 0.6) is 11.5 Å². The van der Waals surface area contributed by atoms with Crippen molar-refractivity contribution in [3.63, 3.8) is 0 Å². The third kappa shape index (κ3) is 3.80. The van der Waals surface area contributed by atoms with Crippen molar-refractivity contribution in [1.82, 2.24) is 0 Å². The van der Waals surface area contributed by atoms with Crippen molar-refractivity contribution in [3.05, 3.63) is 76.6 Å². The van der Waals surface area contributed by atoms with Crippen LogP contribution in [0.2, 0.25) is 0 Å². The number of allylic oxidation sites excluding steroid dienone is 4. The lowest BCUT2D eigenvalue weighted by Crippen LogP contribution is -2.38. The summed E-state index contributed by atoms with van der Waals surface area (Å²) in [4.78, 5) is 37.8. The van der Waals surface area contributed by atoms with Crippen molar-refractivity contribution in [3.8, 4) is 11.5 Å². The number of ketones is 2. The topological polar surface area (TPSA) is 100 Å². The second-order valence-electron chi connectivity index (χ2n) is 9.38. The van der Waals surface area contributed by atoms with Gasteiger partial charge >= 0.3 is 12.1 Å². The molecular formula is C27H20F3NO7. The van der Waals surface area contributed by atoms with E-state index in [0.29, 0.717) is 33.9 Å². The van der Waals surface area contributed by atoms with Gasteiger partial charge < -0.3 is 24.3 Å². The van der Waals surface area contributed by atoms with E-state index in [1.165, 1.54) is 31.4 Å². The predicted molar refractivity (Wildman–Crippen MR) is 124 cm³/mol. The summed E-state index contributed by atoms with van der Waals surface area (Å²) in [6.45, 7) is 0.0470. The lowest BCUT2D eigenvalue weighted by atomic mass is 9.64. The molecule has 0 aromatic heterocycles. The number of anilines is 1. The van der Waals surface area contributed by atoms with E-state index in [2.05, 4.69) is 5.32 Å². The van der Waals surface area contributed by atoms with E-state index in [1.54, 1.807) is 12.1 Å². The smallest absolute Gasteiger partial charge is 0.416 e. The Labute approximate surface area is 214 Å². The Bertz CT molecular complexity index is 1430. The van der Waals surface area contributed by atoms with Crippen molar-refractivity contribution < 1.29 is 46.5 Å². The van der Waals surface area contributed by atoms with Crippen LogP contribution in [0.3, 0.4) is 0 Å². The Morgan fingerprint density at radius 2 is 1.63 bits per heavy atom.